The Hall–Kier alpha value is -1.84. The van der Waals surface area contributed by atoms with Crippen molar-refractivity contribution in [1.29, 1.82) is 0 Å². The highest BCUT2D eigenvalue weighted by Crippen LogP contribution is 2.28. The average Bonchev–Trinajstić information content (AvgIpc) is 3.09. The van der Waals surface area contributed by atoms with Gasteiger partial charge < -0.3 is 0 Å². The smallest absolute Gasteiger partial charge is 0.281 e. The van der Waals surface area contributed by atoms with E-state index in [2.05, 4.69) is 20.2 Å². The molecule has 0 amide bonds. The summed E-state index contributed by atoms with van der Waals surface area (Å²) in [5, 5.41) is 6.67. The highest BCUT2D eigenvalue weighted by atomic mass is 32.2. The zero-order valence-electron chi connectivity index (χ0n) is 13.2. The zero-order valence-corrected chi connectivity index (χ0v) is 14.0. The second-order valence-corrected chi connectivity index (χ2v) is 7.95. The summed E-state index contributed by atoms with van der Waals surface area (Å²) in [4.78, 5) is 8.90. The Kier molecular flexibility index (Phi) is 4.42. The lowest BCUT2D eigenvalue weighted by Gasteiger charge is -2.33. The second kappa shape index (κ2) is 6.34. The minimum atomic E-state index is -3.39. The number of nitrogens with zero attached hydrogens (tertiary/aromatic N) is 5. The van der Waals surface area contributed by atoms with Crippen LogP contribution in [-0.4, -0.2) is 64.4 Å². The first-order valence-corrected chi connectivity index (χ1v) is 8.87. The second-order valence-electron chi connectivity index (χ2n) is 5.80. The van der Waals surface area contributed by atoms with E-state index in [1.165, 1.54) is 8.61 Å². The molecular formula is C14H20N6O2S. The first-order valence-electron chi connectivity index (χ1n) is 7.47. The molecule has 0 aromatic carbocycles. The molecule has 8 nitrogen and oxygen atoms in total. The number of rotatable bonds is 4. The minimum Gasteiger partial charge on any atom is -0.285 e. The summed E-state index contributed by atoms with van der Waals surface area (Å²) >= 11 is 0. The molecule has 0 radical (unpaired) electrons. The van der Waals surface area contributed by atoms with Crippen LogP contribution >= 0.6 is 0 Å². The predicted octanol–water partition coefficient (Wildman–Crippen LogP) is 0.852. The summed E-state index contributed by atoms with van der Waals surface area (Å²) in [5.74, 6) is 0.0535. The Morgan fingerprint density at radius 1 is 1.30 bits per heavy atom. The molecular weight excluding hydrogens is 316 g/mol. The predicted molar refractivity (Wildman–Crippen MR) is 85.8 cm³/mol. The van der Waals surface area contributed by atoms with Crippen LogP contribution in [0.25, 0.3) is 11.3 Å². The van der Waals surface area contributed by atoms with Crippen molar-refractivity contribution in [2.75, 3.05) is 27.2 Å². The van der Waals surface area contributed by atoms with Crippen molar-refractivity contribution in [3.63, 3.8) is 0 Å². The molecule has 0 spiro atoms. The average molecular weight is 336 g/mol. The van der Waals surface area contributed by atoms with Crippen molar-refractivity contribution in [1.82, 2.24) is 28.8 Å². The summed E-state index contributed by atoms with van der Waals surface area (Å²) in [6.45, 7) is 0.982. The molecule has 1 aliphatic rings. The van der Waals surface area contributed by atoms with Gasteiger partial charge in [0.25, 0.3) is 10.2 Å². The summed E-state index contributed by atoms with van der Waals surface area (Å²) in [6.07, 6.45) is 8.58. The fourth-order valence-corrected chi connectivity index (χ4v) is 3.92. The van der Waals surface area contributed by atoms with Crippen molar-refractivity contribution in [3.05, 3.63) is 30.5 Å². The molecule has 1 atom stereocenters. The van der Waals surface area contributed by atoms with Crippen molar-refractivity contribution in [2.24, 2.45) is 0 Å². The molecule has 3 rings (SSSR count). The van der Waals surface area contributed by atoms with Gasteiger partial charge >= 0.3 is 0 Å². The molecule has 1 aliphatic heterocycles. The zero-order chi connectivity index (χ0) is 16.4. The topological polar surface area (TPSA) is 95.1 Å². The summed E-state index contributed by atoms with van der Waals surface area (Å²) in [6, 6.07) is 0. The van der Waals surface area contributed by atoms with E-state index in [-0.39, 0.29) is 5.92 Å². The van der Waals surface area contributed by atoms with Gasteiger partial charge in [0.1, 0.15) is 0 Å². The van der Waals surface area contributed by atoms with Crippen LogP contribution in [0.2, 0.25) is 0 Å². The van der Waals surface area contributed by atoms with E-state index in [4.69, 9.17) is 0 Å². The standard InChI is InChI=1S/C14H20N6O2S/c1-19(2)23(21,22)20-5-3-4-11(10-20)13-8-15-9-14(18-13)12-6-16-17-7-12/h6-9,11H,3-5,10H2,1-2H3,(H,16,17)/t11-/m0/s1. The van der Waals surface area contributed by atoms with Crippen LogP contribution in [-0.2, 0) is 10.2 Å². The summed E-state index contributed by atoms with van der Waals surface area (Å²) in [5.41, 5.74) is 2.43. The number of nitrogens with one attached hydrogen (secondary N) is 1. The van der Waals surface area contributed by atoms with Crippen molar-refractivity contribution in [2.45, 2.75) is 18.8 Å². The van der Waals surface area contributed by atoms with Crippen LogP contribution in [0.15, 0.2) is 24.8 Å². The quantitative estimate of drug-likeness (QED) is 0.893. The highest BCUT2D eigenvalue weighted by Gasteiger charge is 2.31. The van der Waals surface area contributed by atoms with Gasteiger partial charge in [-0.2, -0.15) is 22.1 Å². The lowest BCUT2D eigenvalue weighted by atomic mass is 9.96. The van der Waals surface area contributed by atoms with Gasteiger partial charge in [-0.05, 0) is 12.8 Å². The molecule has 23 heavy (non-hydrogen) atoms. The maximum atomic E-state index is 12.3. The SMILES string of the molecule is CN(C)S(=O)(=O)N1CCC[C@H](c2cncc(-c3cn[nH]c3)n2)C1. The lowest BCUT2D eigenvalue weighted by molar-refractivity contribution is 0.296. The van der Waals surface area contributed by atoms with Gasteiger partial charge in [-0.25, -0.2) is 4.98 Å². The van der Waals surface area contributed by atoms with Crippen LogP contribution in [0.4, 0.5) is 0 Å². The highest BCUT2D eigenvalue weighted by molar-refractivity contribution is 7.86. The third kappa shape index (κ3) is 3.26. The molecule has 0 unspecified atom stereocenters. The number of H-pyrrole nitrogens is 1. The van der Waals surface area contributed by atoms with Gasteiger partial charge in [0.2, 0.25) is 0 Å². The number of aromatic nitrogens is 4. The Bertz CT molecular complexity index is 759. The van der Waals surface area contributed by atoms with E-state index in [1.807, 2.05) is 0 Å². The Morgan fingerprint density at radius 3 is 2.83 bits per heavy atom. The molecule has 124 valence electrons. The maximum Gasteiger partial charge on any atom is 0.281 e. The van der Waals surface area contributed by atoms with Crippen molar-refractivity contribution >= 4 is 10.2 Å². The number of hydrogen-bond acceptors (Lipinski definition) is 5. The van der Waals surface area contributed by atoms with E-state index >= 15 is 0 Å². The molecule has 3 heterocycles. The van der Waals surface area contributed by atoms with E-state index in [9.17, 15) is 8.42 Å². The van der Waals surface area contributed by atoms with E-state index in [1.54, 1.807) is 38.9 Å². The third-order valence-electron chi connectivity index (χ3n) is 4.04. The minimum absolute atomic E-state index is 0.0535. The molecule has 9 heteroatoms. The van der Waals surface area contributed by atoms with Crippen molar-refractivity contribution in [3.8, 4) is 11.3 Å². The largest absolute Gasteiger partial charge is 0.285 e. The molecule has 2 aromatic heterocycles. The van der Waals surface area contributed by atoms with Gasteiger partial charge in [0, 0.05) is 51.1 Å². The normalized spacial score (nSPS) is 20.0. The van der Waals surface area contributed by atoms with E-state index < -0.39 is 10.2 Å². The Balaban J connectivity index is 1.83. The number of piperidine rings is 1. The van der Waals surface area contributed by atoms with Crippen LogP contribution in [0.5, 0.6) is 0 Å². The maximum absolute atomic E-state index is 12.3. The third-order valence-corrected chi connectivity index (χ3v) is 5.94. The lowest BCUT2D eigenvalue weighted by Crippen LogP contribution is -2.45. The molecule has 0 saturated carbocycles. The summed E-state index contributed by atoms with van der Waals surface area (Å²) < 4.78 is 27.4. The molecule has 1 fully saturated rings. The van der Waals surface area contributed by atoms with Gasteiger partial charge in [0.05, 0.1) is 23.8 Å². The van der Waals surface area contributed by atoms with E-state index in [0.717, 1.165) is 29.8 Å². The van der Waals surface area contributed by atoms with Crippen LogP contribution < -0.4 is 0 Å². The van der Waals surface area contributed by atoms with Gasteiger partial charge in [0.15, 0.2) is 0 Å². The fraction of sp³-hybridized carbons (Fsp3) is 0.500. The van der Waals surface area contributed by atoms with Crippen LogP contribution in [0, 0.1) is 0 Å². The fourth-order valence-electron chi connectivity index (χ4n) is 2.73. The van der Waals surface area contributed by atoms with Gasteiger partial charge in [-0.3, -0.25) is 10.1 Å². The monoisotopic (exact) mass is 336 g/mol. The Morgan fingerprint density at radius 2 is 2.13 bits per heavy atom. The molecule has 2 aromatic rings. The molecule has 0 bridgehead atoms. The van der Waals surface area contributed by atoms with E-state index in [0.29, 0.717) is 13.1 Å². The number of aromatic amines is 1. The van der Waals surface area contributed by atoms with Crippen molar-refractivity contribution < 1.29 is 8.42 Å². The van der Waals surface area contributed by atoms with Crippen LogP contribution in [0.3, 0.4) is 0 Å². The van der Waals surface area contributed by atoms with Gasteiger partial charge in [-0.1, -0.05) is 0 Å². The number of hydrogen-bond donors (Lipinski definition) is 1. The molecule has 1 saturated heterocycles. The molecule has 0 aliphatic carbocycles. The van der Waals surface area contributed by atoms with Gasteiger partial charge in [-0.15, -0.1) is 0 Å². The van der Waals surface area contributed by atoms with Crippen LogP contribution in [0.1, 0.15) is 24.5 Å². The first-order chi connectivity index (χ1) is 11.0. The first kappa shape index (κ1) is 16.0. The molecule has 1 N–H and O–H groups in total. The Labute approximate surface area is 135 Å². The summed E-state index contributed by atoms with van der Waals surface area (Å²) in [7, 11) is -0.283.